The molecule has 1 aliphatic carbocycles. The highest BCUT2D eigenvalue weighted by molar-refractivity contribution is 6.08. The van der Waals surface area contributed by atoms with Gasteiger partial charge < -0.3 is 43.6 Å². The molecule has 2 aliphatic rings. The van der Waals surface area contributed by atoms with Crippen molar-refractivity contribution in [3.8, 4) is 28.2 Å². The SMILES string of the molecule is Nc1ccc2c(-c3cccc(O)c3C(=O)O)c3ccc(=[NH+]C(=O)C(N)CC(=O)O)cc-3oc2c1.[Cl-]. The molecule has 0 spiro atoms. The Bertz CT molecular complexity index is 1510. The highest BCUT2D eigenvalue weighted by Crippen LogP contribution is 2.42. The number of aliphatic carboxylic acids is 1. The zero-order chi connectivity index (χ0) is 24.6. The number of hydrogen-bond donors (Lipinski definition) is 6. The number of nitrogen functional groups attached to an aromatic ring is 1. The predicted octanol–water partition coefficient (Wildman–Crippen LogP) is -2.50. The van der Waals surface area contributed by atoms with E-state index in [1.54, 1.807) is 36.4 Å². The van der Waals surface area contributed by atoms with Gasteiger partial charge in [0.25, 0.3) is 0 Å². The van der Waals surface area contributed by atoms with Crippen LogP contribution >= 0.6 is 0 Å². The first kappa shape index (κ1) is 25.2. The van der Waals surface area contributed by atoms with E-state index in [1.165, 1.54) is 18.2 Å². The van der Waals surface area contributed by atoms with Crippen LogP contribution in [0, 0.1) is 0 Å². The molecule has 1 atom stereocenters. The Balaban J connectivity index is 0.00000342. The number of aromatic carboxylic acids is 1. The molecule has 1 unspecified atom stereocenters. The summed E-state index contributed by atoms with van der Waals surface area (Å²) >= 11 is 0. The summed E-state index contributed by atoms with van der Waals surface area (Å²) in [6, 6.07) is 12.8. The number of carbonyl (C=O) groups is 3. The Kier molecular flexibility index (Phi) is 7.09. The number of carboxylic acids is 2. The average molecular weight is 498 g/mol. The summed E-state index contributed by atoms with van der Waals surface area (Å²) in [5, 5.41) is 29.7. The summed E-state index contributed by atoms with van der Waals surface area (Å²) in [5.74, 6) is -3.29. The lowest BCUT2D eigenvalue weighted by molar-refractivity contribution is -0.418. The second-order valence-corrected chi connectivity index (χ2v) is 7.64. The molecule has 180 valence electrons. The lowest BCUT2D eigenvalue weighted by Gasteiger charge is -2.17. The molecule has 0 aromatic heterocycles. The number of amides is 1. The second-order valence-electron chi connectivity index (χ2n) is 7.64. The van der Waals surface area contributed by atoms with Gasteiger partial charge in [0, 0.05) is 39.9 Å². The van der Waals surface area contributed by atoms with Crippen LogP contribution in [0.2, 0.25) is 0 Å². The number of rotatable bonds is 5. The van der Waals surface area contributed by atoms with E-state index in [1.807, 2.05) is 0 Å². The molecule has 1 amide bonds. The molecule has 8 N–H and O–H groups in total. The number of benzene rings is 3. The highest BCUT2D eigenvalue weighted by Gasteiger charge is 2.25. The fourth-order valence-electron chi connectivity index (χ4n) is 3.76. The van der Waals surface area contributed by atoms with Crippen molar-refractivity contribution in [1.29, 1.82) is 0 Å². The van der Waals surface area contributed by atoms with Crippen molar-refractivity contribution < 1.29 is 51.5 Å². The van der Waals surface area contributed by atoms with Gasteiger partial charge in [-0.3, -0.25) is 4.79 Å². The van der Waals surface area contributed by atoms with E-state index in [-0.39, 0.29) is 35.0 Å². The molecule has 0 saturated heterocycles. The zero-order valence-electron chi connectivity index (χ0n) is 18.0. The Morgan fingerprint density at radius 1 is 1.00 bits per heavy atom. The first-order valence-electron chi connectivity index (χ1n) is 10.1. The van der Waals surface area contributed by atoms with Gasteiger partial charge in [-0.05, 0) is 24.3 Å². The van der Waals surface area contributed by atoms with Crippen LogP contribution in [-0.4, -0.2) is 39.2 Å². The van der Waals surface area contributed by atoms with Gasteiger partial charge in [-0.2, -0.15) is 4.99 Å². The lowest BCUT2D eigenvalue weighted by Crippen LogP contribution is -3.00. The molecule has 0 bridgehead atoms. The van der Waals surface area contributed by atoms with Crippen LogP contribution < -0.4 is 34.2 Å². The molecule has 2 aromatic carbocycles. The van der Waals surface area contributed by atoms with E-state index < -0.39 is 30.3 Å². The molecule has 0 radical (unpaired) electrons. The van der Waals surface area contributed by atoms with E-state index in [9.17, 15) is 24.6 Å². The number of phenols is 1. The molecule has 4 rings (SSSR count). The van der Waals surface area contributed by atoms with E-state index in [2.05, 4.69) is 4.99 Å². The molecule has 1 aliphatic heterocycles. The van der Waals surface area contributed by atoms with Crippen LogP contribution in [0.3, 0.4) is 0 Å². The van der Waals surface area contributed by atoms with Crippen molar-refractivity contribution in [3.63, 3.8) is 0 Å². The lowest BCUT2D eigenvalue weighted by atomic mass is 9.90. The minimum atomic E-state index is -1.30. The first-order valence-corrected chi connectivity index (χ1v) is 10.1. The number of aromatic hydroxyl groups is 1. The van der Waals surface area contributed by atoms with Crippen molar-refractivity contribution in [1.82, 2.24) is 0 Å². The Labute approximate surface area is 203 Å². The second kappa shape index (κ2) is 9.84. The number of fused-ring (bicyclic) bond motifs is 2. The molecule has 11 heteroatoms. The van der Waals surface area contributed by atoms with E-state index in [4.69, 9.17) is 21.0 Å². The summed E-state index contributed by atoms with van der Waals surface area (Å²) in [5.41, 5.74) is 13.3. The maximum absolute atomic E-state index is 12.2. The van der Waals surface area contributed by atoms with Gasteiger partial charge in [-0.15, -0.1) is 0 Å². The molecule has 0 saturated carbocycles. The van der Waals surface area contributed by atoms with Gasteiger partial charge >= 0.3 is 17.8 Å². The average Bonchev–Trinajstić information content (AvgIpc) is 2.76. The topological polar surface area (TPSA) is 191 Å². The quantitative estimate of drug-likeness (QED) is 0.128. The normalized spacial score (nSPS) is 12.3. The summed E-state index contributed by atoms with van der Waals surface area (Å²) in [4.78, 5) is 37.6. The van der Waals surface area contributed by atoms with Gasteiger partial charge in [0.05, 0.1) is 12.5 Å². The van der Waals surface area contributed by atoms with E-state index in [0.717, 1.165) is 0 Å². The zero-order valence-corrected chi connectivity index (χ0v) is 18.7. The van der Waals surface area contributed by atoms with Crippen LogP contribution in [0.4, 0.5) is 5.69 Å². The van der Waals surface area contributed by atoms with Gasteiger partial charge in [0.1, 0.15) is 28.7 Å². The molecule has 35 heavy (non-hydrogen) atoms. The molecule has 2 aromatic rings. The summed E-state index contributed by atoms with van der Waals surface area (Å²) in [7, 11) is 0. The number of anilines is 1. The molecule has 10 nitrogen and oxygen atoms in total. The van der Waals surface area contributed by atoms with Gasteiger partial charge in [-0.1, -0.05) is 12.1 Å². The summed E-state index contributed by atoms with van der Waals surface area (Å²) in [6.07, 6.45) is -0.534. The Morgan fingerprint density at radius 3 is 2.43 bits per heavy atom. The standard InChI is InChI=1S/C24H19N3O7.ClH/c25-11-4-6-13-18(8-11)34-19-9-12(27-23(31)16(26)10-20(29)30)5-7-14(19)21(13)15-2-1-3-17(28)22(15)24(32)33;/h1-9,16,28H,10,25-26H2,(H,29,30)(H,32,33);1H. The van der Waals surface area contributed by atoms with Crippen molar-refractivity contribution >= 4 is 34.5 Å². The third kappa shape index (κ3) is 4.93. The number of nitrogens with two attached hydrogens (primary N) is 2. The van der Waals surface area contributed by atoms with Gasteiger partial charge in [0.2, 0.25) is 5.36 Å². The van der Waals surface area contributed by atoms with Crippen molar-refractivity contribution in [2.45, 2.75) is 12.5 Å². The van der Waals surface area contributed by atoms with E-state index >= 15 is 0 Å². The monoisotopic (exact) mass is 497 g/mol. The van der Waals surface area contributed by atoms with E-state index in [0.29, 0.717) is 33.1 Å². The van der Waals surface area contributed by atoms with Crippen molar-refractivity contribution in [3.05, 3.63) is 65.5 Å². The first-order chi connectivity index (χ1) is 16.2. The minimum absolute atomic E-state index is 0. The molecule has 1 heterocycles. The number of nitrogens with one attached hydrogen (secondary N) is 1. The maximum atomic E-state index is 12.2. The van der Waals surface area contributed by atoms with Crippen molar-refractivity contribution in [2.24, 2.45) is 5.73 Å². The van der Waals surface area contributed by atoms with Crippen molar-refractivity contribution in [2.75, 3.05) is 5.73 Å². The van der Waals surface area contributed by atoms with Crippen LogP contribution in [0.5, 0.6) is 5.75 Å². The summed E-state index contributed by atoms with van der Waals surface area (Å²) in [6.45, 7) is 0. The Hall–Kier alpha value is -4.41. The van der Waals surface area contributed by atoms with Gasteiger partial charge in [0.15, 0.2) is 0 Å². The smallest absolute Gasteiger partial charge is 0.403 e. The fourth-order valence-corrected chi connectivity index (χ4v) is 3.76. The number of hydrogen-bond acceptors (Lipinski definition) is 7. The molecular weight excluding hydrogens is 478 g/mol. The molecule has 0 fully saturated rings. The number of carbonyl (C=O) groups excluding carboxylic acids is 1. The maximum Gasteiger partial charge on any atom is 0.403 e. The third-order valence-corrected chi connectivity index (χ3v) is 5.27. The largest absolute Gasteiger partial charge is 1.00 e. The summed E-state index contributed by atoms with van der Waals surface area (Å²) < 4.78 is 6.00. The van der Waals surface area contributed by atoms with Crippen LogP contribution in [-0.2, 0) is 9.59 Å². The van der Waals surface area contributed by atoms with Crippen LogP contribution in [0.1, 0.15) is 16.8 Å². The fraction of sp³-hybridized carbons (Fsp3) is 0.0833. The predicted molar refractivity (Wildman–Crippen MR) is 121 cm³/mol. The highest BCUT2D eigenvalue weighted by atomic mass is 35.5. The van der Waals surface area contributed by atoms with Crippen LogP contribution in [0.25, 0.3) is 33.4 Å². The number of halogens is 1. The Morgan fingerprint density at radius 2 is 1.74 bits per heavy atom. The minimum Gasteiger partial charge on any atom is -1.00 e. The third-order valence-electron chi connectivity index (χ3n) is 5.27. The van der Waals surface area contributed by atoms with Crippen LogP contribution in [0.15, 0.2) is 59.0 Å². The number of carboxylic acid groups (broad SMARTS) is 2. The van der Waals surface area contributed by atoms with Gasteiger partial charge in [-0.25, -0.2) is 9.59 Å². The molecular formula is C24H20ClN3O7.